The van der Waals surface area contributed by atoms with Crippen LogP contribution in [-0.2, 0) is 11.3 Å². The molecular formula is C26H33N3O3. The molecule has 2 unspecified atom stereocenters. The van der Waals surface area contributed by atoms with Crippen molar-refractivity contribution >= 4 is 16.9 Å². The number of fused-ring (bicyclic) bond motifs is 1. The van der Waals surface area contributed by atoms with Gasteiger partial charge in [-0.2, -0.15) is 0 Å². The van der Waals surface area contributed by atoms with Gasteiger partial charge in [-0.15, -0.1) is 0 Å². The van der Waals surface area contributed by atoms with Gasteiger partial charge in [-0.3, -0.25) is 4.79 Å². The minimum absolute atomic E-state index is 0.00117. The lowest BCUT2D eigenvalue weighted by Crippen LogP contribution is -2.42. The molecule has 6 nitrogen and oxygen atoms in total. The number of rotatable bonds is 6. The number of hydrogen-bond donors (Lipinski definition) is 1. The number of ether oxygens (including phenoxy) is 1. The van der Waals surface area contributed by atoms with Gasteiger partial charge in [0.2, 0.25) is 5.91 Å². The lowest BCUT2D eigenvalue weighted by atomic mass is 10.1. The highest BCUT2D eigenvalue weighted by Gasteiger charge is 2.39. The number of amides is 1. The number of likely N-dealkylation sites (tertiary alicyclic amines) is 1. The average molecular weight is 436 g/mol. The number of aromatic nitrogens is 2. The summed E-state index contributed by atoms with van der Waals surface area (Å²) in [5, 5.41) is 10.9. The van der Waals surface area contributed by atoms with Gasteiger partial charge in [0, 0.05) is 24.4 Å². The largest absolute Gasteiger partial charge is 0.491 e. The Morgan fingerprint density at radius 2 is 1.94 bits per heavy atom. The van der Waals surface area contributed by atoms with Gasteiger partial charge >= 0.3 is 0 Å². The van der Waals surface area contributed by atoms with E-state index < -0.39 is 6.10 Å². The number of aliphatic hydroxyl groups excluding tert-OH is 1. The lowest BCUT2D eigenvalue weighted by molar-refractivity contribution is -0.131. The molecule has 0 saturated carbocycles. The van der Waals surface area contributed by atoms with E-state index in [0.29, 0.717) is 19.5 Å². The van der Waals surface area contributed by atoms with Crippen LogP contribution in [0.25, 0.3) is 11.0 Å². The minimum atomic E-state index is -0.706. The molecule has 2 heterocycles. The first kappa shape index (κ1) is 22.3. The highest BCUT2D eigenvalue weighted by Crippen LogP contribution is 2.34. The van der Waals surface area contributed by atoms with Crippen LogP contribution in [0.1, 0.15) is 50.1 Å². The monoisotopic (exact) mass is 435 g/mol. The Morgan fingerprint density at radius 1 is 1.19 bits per heavy atom. The summed E-state index contributed by atoms with van der Waals surface area (Å²) < 4.78 is 8.00. The fraction of sp³-hybridized carbons (Fsp3) is 0.462. The van der Waals surface area contributed by atoms with E-state index in [1.807, 2.05) is 61.2 Å². The molecule has 6 heteroatoms. The van der Waals surface area contributed by atoms with E-state index in [9.17, 15) is 9.90 Å². The summed E-state index contributed by atoms with van der Waals surface area (Å²) in [6, 6.07) is 14.0. The zero-order valence-electron chi connectivity index (χ0n) is 19.6. The third-order valence-electron chi connectivity index (χ3n) is 6.15. The maximum Gasteiger partial charge on any atom is 0.223 e. The van der Waals surface area contributed by atoms with Crippen LogP contribution >= 0.6 is 0 Å². The highest BCUT2D eigenvalue weighted by molar-refractivity contribution is 5.81. The van der Waals surface area contributed by atoms with E-state index >= 15 is 0 Å². The number of nitrogens with zero attached hydrogens (tertiary/aromatic N) is 3. The number of hydrogen-bond acceptors (Lipinski definition) is 4. The Hall–Kier alpha value is -2.86. The van der Waals surface area contributed by atoms with Crippen LogP contribution in [0.2, 0.25) is 0 Å². The van der Waals surface area contributed by atoms with E-state index in [2.05, 4.69) is 25.3 Å². The van der Waals surface area contributed by atoms with E-state index in [4.69, 9.17) is 9.72 Å². The quantitative estimate of drug-likeness (QED) is 0.630. The van der Waals surface area contributed by atoms with Gasteiger partial charge in [-0.25, -0.2) is 4.98 Å². The molecular weight excluding hydrogens is 402 g/mol. The molecule has 1 N–H and O–H groups in total. The topological polar surface area (TPSA) is 67.6 Å². The first-order chi connectivity index (χ1) is 15.1. The van der Waals surface area contributed by atoms with Crippen molar-refractivity contribution in [3.63, 3.8) is 0 Å². The van der Waals surface area contributed by atoms with Crippen LogP contribution in [0.15, 0.2) is 42.5 Å². The van der Waals surface area contributed by atoms with Crippen molar-refractivity contribution in [1.29, 1.82) is 0 Å². The molecule has 1 aliphatic heterocycles. The molecule has 0 aliphatic carbocycles. The summed E-state index contributed by atoms with van der Waals surface area (Å²) in [5.74, 6) is 1.81. The number of imidazole rings is 1. The number of carbonyl (C=O) groups excluding carboxylic acids is 1. The lowest BCUT2D eigenvalue weighted by Gasteiger charge is -2.32. The molecule has 0 spiro atoms. The van der Waals surface area contributed by atoms with Crippen molar-refractivity contribution in [1.82, 2.24) is 14.5 Å². The van der Waals surface area contributed by atoms with Gasteiger partial charge in [-0.1, -0.05) is 24.3 Å². The molecule has 1 aromatic heterocycles. The van der Waals surface area contributed by atoms with Gasteiger partial charge in [0.05, 0.1) is 17.6 Å². The van der Waals surface area contributed by atoms with Crippen molar-refractivity contribution in [2.45, 2.75) is 65.1 Å². The Bertz CT molecular complexity index is 1130. The van der Waals surface area contributed by atoms with Crippen molar-refractivity contribution in [3.8, 4) is 5.75 Å². The maximum atomic E-state index is 12.7. The van der Waals surface area contributed by atoms with Gasteiger partial charge in [-0.05, 0) is 63.9 Å². The molecule has 1 fully saturated rings. The molecule has 0 bridgehead atoms. The van der Waals surface area contributed by atoms with Crippen molar-refractivity contribution in [3.05, 3.63) is 59.4 Å². The summed E-state index contributed by atoms with van der Waals surface area (Å²) >= 11 is 0. The second-order valence-corrected chi connectivity index (χ2v) is 9.88. The maximum absolute atomic E-state index is 12.7. The normalized spacial score (nSPS) is 17.9. The predicted molar refractivity (Wildman–Crippen MR) is 126 cm³/mol. The van der Waals surface area contributed by atoms with E-state index in [-0.39, 0.29) is 24.0 Å². The number of para-hydroxylation sites is 2. The molecule has 1 amide bonds. The number of carbonyl (C=O) groups is 1. The molecule has 2 aromatic carbocycles. The Kier molecular flexibility index (Phi) is 5.99. The third-order valence-corrected chi connectivity index (χ3v) is 6.15. The Balaban J connectivity index is 1.57. The Labute approximate surface area is 189 Å². The number of benzene rings is 2. The smallest absolute Gasteiger partial charge is 0.223 e. The van der Waals surface area contributed by atoms with Gasteiger partial charge < -0.3 is 19.3 Å². The van der Waals surface area contributed by atoms with Crippen molar-refractivity contribution in [2.24, 2.45) is 0 Å². The summed E-state index contributed by atoms with van der Waals surface area (Å²) in [7, 11) is 0. The van der Waals surface area contributed by atoms with Crippen molar-refractivity contribution < 1.29 is 14.6 Å². The van der Waals surface area contributed by atoms with Crippen LogP contribution in [0.5, 0.6) is 5.75 Å². The summed E-state index contributed by atoms with van der Waals surface area (Å²) in [6.07, 6.45) is -0.266. The van der Waals surface area contributed by atoms with Crippen molar-refractivity contribution in [2.75, 3.05) is 13.2 Å². The highest BCUT2D eigenvalue weighted by atomic mass is 16.5. The average Bonchev–Trinajstić information content (AvgIpc) is 3.29. The first-order valence-electron chi connectivity index (χ1n) is 11.3. The first-order valence-corrected chi connectivity index (χ1v) is 11.3. The standard InChI is InChI=1S/C26H33N3O3/c1-17-10-11-18(2)23(12-17)32-16-20(30)15-28-22-9-7-6-8-21(22)27-25(28)19-13-24(31)29(14-19)26(3,4)5/h6-12,19-20,30H,13-16H2,1-5H3. The molecule has 3 aromatic rings. The van der Waals surface area contributed by atoms with Crippen LogP contribution in [0.3, 0.4) is 0 Å². The van der Waals surface area contributed by atoms with Gasteiger partial charge in [0.25, 0.3) is 0 Å². The zero-order chi connectivity index (χ0) is 23.0. The second kappa shape index (κ2) is 8.58. The summed E-state index contributed by atoms with van der Waals surface area (Å²) in [5.41, 5.74) is 3.80. The fourth-order valence-corrected chi connectivity index (χ4v) is 4.44. The molecule has 0 radical (unpaired) electrons. The summed E-state index contributed by atoms with van der Waals surface area (Å²) in [4.78, 5) is 19.5. The summed E-state index contributed by atoms with van der Waals surface area (Å²) in [6.45, 7) is 11.4. The fourth-order valence-electron chi connectivity index (χ4n) is 4.44. The molecule has 32 heavy (non-hydrogen) atoms. The van der Waals surface area contributed by atoms with Crippen LogP contribution < -0.4 is 4.74 Å². The van der Waals surface area contributed by atoms with Crippen LogP contribution in [0, 0.1) is 13.8 Å². The third kappa shape index (κ3) is 4.51. The number of aliphatic hydroxyl groups is 1. The SMILES string of the molecule is Cc1ccc(C)c(OCC(O)Cn2c(C3CC(=O)N(C(C)(C)C)C3)nc3ccccc32)c1. The Morgan fingerprint density at radius 3 is 2.66 bits per heavy atom. The van der Waals surface area contributed by atoms with E-state index in [1.54, 1.807) is 0 Å². The molecule has 170 valence electrons. The number of aryl methyl sites for hydroxylation is 2. The van der Waals surface area contributed by atoms with Gasteiger partial charge in [0.1, 0.15) is 24.3 Å². The predicted octanol–water partition coefficient (Wildman–Crippen LogP) is 4.21. The molecule has 1 saturated heterocycles. The van der Waals surface area contributed by atoms with Gasteiger partial charge in [0.15, 0.2) is 0 Å². The molecule has 4 rings (SSSR count). The molecule has 2 atom stereocenters. The second-order valence-electron chi connectivity index (χ2n) is 9.88. The molecule has 1 aliphatic rings. The van der Waals surface area contributed by atoms with E-state index in [1.165, 1.54) is 0 Å². The minimum Gasteiger partial charge on any atom is -0.491 e. The van der Waals surface area contributed by atoms with Crippen LogP contribution in [-0.4, -0.2) is 50.3 Å². The zero-order valence-corrected chi connectivity index (χ0v) is 19.6. The van der Waals surface area contributed by atoms with E-state index in [0.717, 1.165) is 33.7 Å². The van der Waals surface area contributed by atoms with Crippen LogP contribution in [0.4, 0.5) is 0 Å².